The smallest absolute Gasteiger partial charge is 0.271 e. The first-order chi connectivity index (χ1) is 11.9. The summed E-state index contributed by atoms with van der Waals surface area (Å²) in [5, 5.41) is 0.122. The zero-order valence-corrected chi connectivity index (χ0v) is 16.2. The molecule has 0 bridgehead atoms. The molecule has 1 amide bonds. The monoisotopic (exact) mass is 391 g/mol. The number of hydrogen-bond donors (Lipinski definition) is 2. The Morgan fingerprint density at radius 1 is 1.24 bits per heavy atom. The van der Waals surface area contributed by atoms with Gasteiger partial charge in [-0.25, -0.2) is 14.3 Å². The maximum Gasteiger partial charge on any atom is 0.271 e. The Kier molecular flexibility index (Phi) is 9.20. The summed E-state index contributed by atoms with van der Waals surface area (Å²) in [5.41, 5.74) is 1.93. The summed E-state index contributed by atoms with van der Waals surface area (Å²) in [5.74, 6) is 4.68. The van der Waals surface area contributed by atoms with Crippen LogP contribution >= 0.6 is 11.6 Å². The van der Waals surface area contributed by atoms with Crippen molar-refractivity contribution in [1.29, 1.82) is 0 Å². The predicted octanol–water partition coefficient (Wildman–Crippen LogP) is 2.30. The molecule has 0 atom stereocenters. The van der Waals surface area contributed by atoms with Crippen molar-refractivity contribution in [2.75, 3.05) is 19.7 Å². The number of nitrogens with zero attached hydrogens (tertiary/aromatic N) is 1. The van der Waals surface area contributed by atoms with Crippen LogP contribution < -0.4 is 16.0 Å². The van der Waals surface area contributed by atoms with Crippen LogP contribution in [0.15, 0.2) is 23.1 Å². The van der Waals surface area contributed by atoms with Gasteiger partial charge < -0.3 is 4.74 Å². The van der Waals surface area contributed by atoms with Gasteiger partial charge in [0.15, 0.2) is 6.61 Å². The van der Waals surface area contributed by atoms with Crippen LogP contribution in [-0.4, -0.2) is 38.3 Å². The van der Waals surface area contributed by atoms with Gasteiger partial charge in [0.2, 0.25) is 10.0 Å². The van der Waals surface area contributed by atoms with Crippen LogP contribution in [0.1, 0.15) is 39.5 Å². The molecule has 0 fully saturated rings. The lowest BCUT2D eigenvalue weighted by molar-refractivity contribution is -0.123. The fraction of sp³-hybridized carbons (Fsp3) is 0.562. The van der Waals surface area contributed by atoms with E-state index in [1.807, 2.05) is 19.3 Å². The molecule has 0 aliphatic carbocycles. The molecule has 142 valence electrons. The summed E-state index contributed by atoms with van der Waals surface area (Å²) in [6, 6.07) is 4.22. The highest BCUT2D eigenvalue weighted by Crippen LogP contribution is 2.29. The average molecular weight is 392 g/mol. The number of nitrogens with one attached hydrogen (secondary N) is 1. The van der Waals surface area contributed by atoms with Gasteiger partial charge in [0.05, 0.1) is 9.92 Å². The molecule has 0 saturated heterocycles. The van der Waals surface area contributed by atoms with Gasteiger partial charge in [0.1, 0.15) is 5.75 Å². The zero-order valence-electron chi connectivity index (χ0n) is 14.6. The molecule has 0 spiro atoms. The van der Waals surface area contributed by atoms with Crippen LogP contribution in [0.4, 0.5) is 0 Å². The standard InChI is InChI=1S/C16H26ClN3O4S/c1-3-5-9-20(10-6-4-2)25(22,23)13-7-8-15(14(17)11-13)24-12-16(21)19-18/h7-8,11H,3-6,9-10,12,18H2,1-2H3,(H,19,21). The zero-order chi connectivity index (χ0) is 18.9. The van der Waals surface area contributed by atoms with Crippen LogP contribution in [0.25, 0.3) is 0 Å². The molecule has 0 aliphatic heterocycles. The molecule has 9 heteroatoms. The van der Waals surface area contributed by atoms with E-state index in [4.69, 9.17) is 22.2 Å². The second kappa shape index (κ2) is 10.6. The van der Waals surface area contributed by atoms with Gasteiger partial charge in [-0.05, 0) is 31.0 Å². The lowest BCUT2D eigenvalue weighted by Gasteiger charge is -2.22. The van der Waals surface area contributed by atoms with Crippen molar-refractivity contribution in [3.05, 3.63) is 23.2 Å². The van der Waals surface area contributed by atoms with Crippen molar-refractivity contribution < 1.29 is 17.9 Å². The quantitative estimate of drug-likeness (QED) is 0.342. The Bertz CT molecular complexity index is 659. The van der Waals surface area contributed by atoms with E-state index >= 15 is 0 Å². The van der Waals surface area contributed by atoms with Gasteiger partial charge in [0, 0.05) is 13.1 Å². The van der Waals surface area contributed by atoms with Crippen LogP contribution in [0.3, 0.4) is 0 Å². The minimum Gasteiger partial charge on any atom is -0.482 e. The summed E-state index contributed by atoms with van der Waals surface area (Å²) in [6.45, 7) is 4.69. The molecule has 0 heterocycles. The Balaban J connectivity index is 2.98. The number of halogens is 1. The highest BCUT2D eigenvalue weighted by molar-refractivity contribution is 7.89. The SMILES string of the molecule is CCCCN(CCCC)S(=O)(=O)c1ccc(OCC(=O)NN)c(Cl)c1. The Morgan fingerprint density at radius 3 is 2.32 bits per heavy atom. The Morgan fingerprint density at radius 2 is 1.84 bits per heavy atom. The van der Waals surface area contributed by atoms with E-state index in [2.05, 4.69) is 0 Å². The van der Waals surface area contributed by atoms with Gasteiger partial charge >= 0.3 is 0 Å². The molecule has 1 aromatic rings. The molecule has 1 aromatic carbocycles. The fourth-order valence-electron chi connectivity index (χ4n) is 2.11. The molecule has 3 N–H and O–H groups in total. The van der Waals surface area contributed by atoms with Gasteiger partial charge in [0.25, 0.3) is 5.91 Å². The van der Waals surface area contributed by atoms with E-state index in [1.54, 1.807) is 0 Å². The normalized spacial score (nSPS) is 11.6. The van der Waals surface area contributed by atoms with E-state index in [9.17, 15) is 13.2 Å². The van der Waals surface area contributed by atoms with Gasteiger partial charge in [-0.2, -0.15) is 4.31 Å². The topological polar surface area (TPSA) is 102 Å². The maximum absolute atomic E-state index is 12.9. The number of carbonyl (C=O) groups is 1. The average Bonchev–Trinajstić information content (AvgIpc) is 2.60. The third kappa shape index (κ3) is 6.47. The van der Waals surface area contributed by atoms with E-state index in [0.717, 1.165) is 25.7 Å². The summed E-state index contributed by atoms with van der Waals surface area (Å²) in [6.07, 6.45) is 3.42. The van der Waals surface area contributed by atoms with Crippen LogP contribution in [-0.2, 0) is 14.8 Å². The molecule has 7 nitrogen and oxygen atoms in total. The van der Waals surface area contributed by atoms with Crippen molar-refractivity contribution in [2.45, 2.75) is 44.4 Å². The lowest BCUT2D eigenvalue weighted by Crippen LogP contribution is -2.34. The minimum atomic E-state index is -3.63. The number of hydrazine groups is 1. The number of benzene rings is 1. The van der Waals surface area contributed by atoms with Crippen molar-refractivity contribution >= 4 is 27.5 Å². The van der Waals surface area contributed by atoms with Gasteiger partial charge in [-0.15, -0.1) is 0 Å². The van der Waals surface area contributed by atoms with Gasteiger partial charge in [-0.1, -0.05) is 38.3 Å². The number of nitrogens with two attached hydrogens (primary N) is 1. The Labute approximate surface area is 154 Å². The summed E-state index contributed by atoms with van der Waals surface area (Å²) in [7, 11) is -3.63. The fourth-order valence-corrected chi connectivity index (χ4v) is 3.96. The predicted molar refractivity (Wildman–Crippen MR) is 97.9 cm³/mol. The van der Waals surface area contributed by atoms with E-state index in [0.29, 0.717) is 13.1 Å². The first-order valence-corrected chi connectivity index (χ1v) is 10.1. The lowest BCUT2D eigenvalue weighted by atomic mass is 10.3. The highest BCUT2D eigenvalue weighted by Gasteiger charge is 2.24. The molecular formula is C16H26ClN3O4S. The molecule has 25 heavy (non-hydrogen) atoms. The number of sulfonamides is 1. The second-order valence-electron chi connectivity index (χ2n) is 5.56. The summed E-state index contributed by atoms with van der Waals surface area (Å²) in [4.78, 5) is 11.2. The summed E-state index contributed by atoms with van der Waals surface area (Å²) >= 11 is 6.10. The number of carbonyl (C=O) groups excluding carboxylic acids is 1. The number of amides is 1. The molecule has 1 rings (SSSR count). The molecule has 0 radical (unpaired) electrons. The molecular weight excluding hydrogens is 366 g/mol. The Hall–Kier alpha value is -1.35. The number of hydrogen-bond acceptors (Lipinski definition) is 5. The molecule has 0 aliphatic rings. The van der Waals surface area contributed by atoms with Crippen LogP contribution in [0, 0.1) is 0 Å². The first-order valence-electron chi connectivity index (χ1n) is 8.28. The van der Waals surface area contributed by atoms with Crippen molar-refractivity contribution in [1.82, 2.24) is 9.73 Å². The minimum absolute atomic E-state index is 0.111. The van der Waals surface area contributed by atoms with E-state index in [1.165, 1.54) is 22.5 Å². The maximum atomic E-state index is 12.9. The molecule has 0 unspecified atom stereocenters. The van der Waals surface area contributed by atoms with Crippen LogP contribution in [0.5, 0.6) is 5.75 Å². The number of ether oxygens (including phenoxy) is 1. The highest BCUT2D eigenvalue weighted by atomic mass is 35.5. The van der Waals surface area contributed by atoms with Crippen molar-refractivity contribution in [3.8, 4) is 5.75 Å². The van der Waals surface area contributed by atoms with Crippen molar-refractivity contribution in [3.63, 3.8) is 0 Å². The second-order valence-corrected chi connectivity index (χ2v) is 7.90. The van der Waals surface area contributed by atoms with Crippen LogP contribution in [0.2, 0.25) is 5.02 Å². The molecule has 0 aromatic heterocycles. The largest absolute Gasteiger partial charge is 0.482 e. The van der Waals surface area contributed by atoms with Gasteiger partial charge in [-0.3, -0.25) is 10.2 Å². The first kappa shape index (κ1) is 21.7. The molecule has 0 saturated carbocycles. The van der Waals surface area contributed by atoms with Crippen molar-refractivity contribution in [2.24, 2.45) is 5.84 Å². The summed E-state index contributed by atoms with van der Waals surface area (Å²) < 4.78 is 32.4. The van der Waals surface area contributed by atoms with E-state index in [-0.39, 0.29) is 22.3 Å². The third-order valence-corrected chi connectivity index (χ3v) is 5.77. The third-order valence-electron chi connectivity index (χ3n) is 3.58. The number of rotatable bonds is 11. The van der Waals surface area contributed by atoms with E-state index < -0.39 is 15.9 Å². The number of unbranched alkanes of at least 4 members (excludes halogenated alkanes) is 2.